The molecule has 0 aliphatic heterocycles. The number of rotatable bonds is 5. The van der Waals surface area contributed by atoms with E-state index in [2.05, 4.69) is 48.0 Å². The second kappa shape index (κ2) is 6.88. The van der Waals surface area contributed by atoms with Crippen LogP contribution in [0.5, 0.6) is 0 Å². The van der Waals surface area contributed by atoms with Crippen LogP contribution in [0.1, 0.15) is 35.3 Å². The van der Waals surface area contributed by atoms with Crippen LogP contribution in [0.2, 0.25) is 0 Å². The fourth-order valence-corrected chi connectivity index (χ4v) is 4.38. The fraction of sp³-hybridized carbons (Fsp3) is 0.357. The molecule has 0 amide bonds. The van der Waals surface area contributed by atoms with Crippen LogP contribution in [0.25, 0.3) is 0 Å². The van der Waals surface area contributed by atoms with Crippen molar-refractivity contribution in [3.63, 3.8) is 0 Å². The number of benzene rings is 1. The Morgan fingerprint density at radius 2 is 2.21 bits per heavy atom. The lowest BCUT2D eigenvalue weighted by atomic mass is 10.1. The maximum Gasteiger partial charge on any atom is 0.103 e. The van der Waals surface area contributed by atoms with E-state index in [9.17, 15) is 0 Å². The van der Waals surface area contributed by atoms with Gasteiger partial charge in [0, 0.05) is 20.8 Å². The van der Waals surface area contributed by atoms with E-state index in [4.69, 9.17) is 10.7 Å². The Morgan fingerprint density at radius 3 is 2.79 bits per heavy atom. The number of halogens is 1. The van der Waals surface area contributed by atoms with Crippen molar-refractivity contribution in [1.29, 1.82) is 0 Å². The molecule has 1 aromatic carbocycles. The number of nitrogens with zero attached hydrogens (tertiary/aromatic N) is 1. The van der Waals surface area contributed by atoms with Gasteiger partial charge in [0.25, 0.3) is 0 Å². The maximum absolute atomic E-state index is 5.79. The van der Waals surface area contributed by atoms with E-state index < -0.39 is 0 Å². The first-order valence-corrected chi connectivity index (χ1v) is 8.76. The van der Waals surface area contributed by atoms with Crippen LogP contribution in [-0.4, -0.2) is 4.98 Å². The first-order chi connectivity index (χ1) is 9.10. The number of hydrogen-bond donors (Lipinski definition) is 1. The van der Waals surface area contributed by atoms with Crippen molar-refractivity contribution in [2.75, 3.05) is 0 Å². The van der Waals surface area contributed by atoms with Gasteiger partial charge in [0.05, 0.1) is 11.4 Å². The molecule has 0 saturated heterocycles. The molecular formula is C14H17BrN2S2. The maximum atomic E-state index is 5.79. The van der Waals surface area contributed by atoms with Gasteiger partial charge in [-0.25, -0.2) is 4.98 Å². The lowest BCUT2D eigenvalue weighted by Gasteiger charge is -2.02. The van der Waals surface area contributed by atoms with Crippen molar-refractivity contribution in [3.8, 4) is 0 Å². The Kier molecular flexibility index (Phi) is 5.45. The summed E-state index contributed by atoms with van der Waals surface area (Å²) in [5, 5.41) is 1.16. The largest absolute Gasteiger partial charge is 0.326 e. The highest BCUT2D eigenvalue weighted by Crippen LogP contribution is 2.30. The molecule has 0 bridgehead atoms. The minimum absolute atomic E-state index is 0.444. The highest BCUT2D eigenvalue weighted by molar-refractivity contribution is 9.10. The molecule has 2 N–H and O–H groups in total. The highest BCUT2D eigenvalue weighted by Gasteiger charge is 2.13. The minimum atomic E-state index is 0.444. The second-order valence-electron chi connectivity index (χ2n) is 4.52. The fourth-order valence-electron chi connectivity index (χ4n) is 1.77. The molecular weight excluding hydrogens is 340 g/mol. The van der Waals surface area contributed by atoms with Crippen molar-refractivity contribution in [1.82, 2.24) is 4.98 Å². The summed E-state index contributed by atoms with van der Waals surface area (Å²) in [6, 6.07) is 8.34. The van der Waals surface area contributed by atoms with E-state index >= 15 is 0 Å². The topological polar surface area (TPSA) is 38.9 Å². The van der Waals surface area contributed by atoms with E-state index in [1.807, 2.05) is 17.8 Å². The summed E-state index contributed by atoms with van der Waals surface area (Å²) >= 11 is 7.04. The van der Waals surface area contributed by atoms with Gasteiger partial charge in [0.15, 0.2) is 0 Å². The predicted molar refractivity (Wildman–Crippen MR) is 87.8 cm³/mol. The van der Waals surface area contributed by atoms with Crippen molar-refractivity contribution in [3.05, 3.63) is 44.3 Å². The van der Waals surface area contributed by atoms with Crippen LogP contribution in [0, 0.1) is 0 Å². The molecule has 0 radical (unpaired) electrons. The molecule has 2 rings (SSSR count). The van der Waals surface area contributed by atoms with Gasteiger partial charge >= 0.3 is 0 Å². The summed E-state index contributed by atoms with van der Waals surface area (Å²) in [7, 11) is 0. The molecule has 0 unspecified atom stereocenters. The Bertz CT molecular complexity index is 552. The number of aromatic nitrogens is 1. The zero-order chi connectivity index (χ0) is 13.8. The zero-order valence-corrected chi connectivity index (χ0v) is 14.2. The van der Waals surface area contributed by atoms with E-state index in [0.717, 1.165) is 20.9 Å². The van der Waals surface area contributed by atoms with Gasteiger partial charge in [-0.1, -0.05) is 35.8 Å². The highest BCUT2D eigenvalue weighted by atomic mass is 79.9. The molecule has 0 atom stereocenters. The van der Waals surface area contributed by atoms with Crippen LogP contribution in [-0.2, 0) is 12.3 Å². The summed E-state index contributed by atoms with van der Waals surface area (Å²) in [6.07, 6.45) is 0. The van der Waals surface area contributed by atoms with E-state index in [0.29, 0.717) is 12.5 Å². The average Bonchev–Trinajstić information content (AvgIpc) is 2.80. The van der Waals surface area contributed by atoms with Gasteiger partial charge < -0.3 is 5.73 Å². The normalized spacial score (nSPS) is 11.2. The standard InChI is InChI=1S/C14H17BrN2S2/c1-9(2)14-12(7-16)19-13(17-14)8-18-11-5-3-4-10(15)6-11/h3-6,9H,7-8,16H2,1-2H3. The van der Waals surface area contributed by atoms with Gasteiger partial charge in [-0.2, -0.15) is 0 Å². The molecule has 0 spiro atoms. The monoisotopic (exact) mass is 356 g/mol. The quantitative estimate of drug-likeness (QED) is 0.783. The lowest BCUT2D eigenvalue weighted by Crippen LogP contribution is -1.99. The summed E-state index contributed by atoms with van der Waals surface area (Å²) in [5.74, 6) is 1.35. The minimum Gasteiger partial charge on any atom is -0.326 e. The van der Waals surface area contributed by atoms with Crippen molar-refractivity contribution in [2.45, 2.75) is 37.0 Å². The summed E-state index contributed by atoms with van der Waals surface area (Å²) in [6.45, 7) is 4.92. The van der Waals surface area contributed by atoms with Crippen molar-refractivity contribution >= 4 is 39.0 Å². The third-order valence-corrected chi connectivity index (χ3v) is 5.44. The molecule has 2 nitrogen and oxygen atoms in total. The van der Waals surface area contributed by atoms with Gasteiger partial charge in [-0.05, 0) is 24.1 Å². The first-order valence-electron chi connectivity index (χ1n) is 6.17. The number of thioether (sulfide) groups is 1. The van der Waals surface area contributed by atoms with Crippen LogP contribution in [0.15, 0.2) is 33.6 Å². The van der Waals surface area contributed by atoms with Crippen LogP contribution in [0.4, 0.5) is 0 Å². The number of hydrogen-bond acceptors (Lipinski definition) is 4. The molecule has 0 fully saturated rings. The van der Waals surface area contributed by atoms with Gasteiger partial charge in [-0.15, -0.1) is 23.1 Å². The molecule has 5 heteroatoms. The third kappa shape index (κ3) is 4.05. The molecule has 1 aromatic heterocycles. The van der Waals surface area contributed by atoms with E-state index in [1.165, 1.54) is 9.77 Å². The van der Waals surface area contributed by atoms with Gasteiger partial charge in [0.2, 0.25) is 0 Å². The van der Waals surface area contributed by atoms with E-state index in [1.54, 1.807) is 11.3 Å². The van der Waals surface area contributed by atoms with Crippen LogP contribution < -0.4 is 5.73 Å². The van der Waals surface area contributed by atoms with Crippen LogP contribution >= 0.6 is 39.0 Å². The smallest absolute Gasteiger partial charge is 0.103 e. The second-order valence-corrected chi connectivity index (χ2v) is 7.65. The first kappa shape index (κ1) is 15.0. The SMILES string of the molecule is CC(C)c1nc(CSc2cccc(Br)c2)sc1CN. The van der Waals surface area contributed by atoms with Crippen molar-refractivity contribution < 1.29 is 0 Å². The van der Waals surface area contributed by atoms with Crippen LogP contribution in [0.3, 0.4) is 0 Å². The predicted octanol–water partition coefficient (Wildman–Crippen LogP) is 4.78. The Labute approximate surface area is 131 Å². The Balaban J connectivity index is 2.07. The molecule has 1 heterocycles. The summed E-state index contributed by atoms with van der Waals surface area (Å²) < 4.78 is 1.11. The molecule has 2 aromatic rings. The summed E-state index contributed by atoms with van der Waals surface area (Å²) in [4.78, 5) is 7.20. The Morgan fingerprint density at radius 1 is 1.42 bits per heavy atom. The Hall–Kier alpha value is -0.360. The average molecular weight is 357 g/mol. The zero-order valence-electron chi connectivity index (χ0n) is 11.0. The number of thiazole rings is 1. The van der Waals surface area contributed by atoms with Gasteiger partial charge in [0.1, 0.15) is 5.01 Å². The number of nitrogens with two attached hydrogens (primary N) is 1. The van der Waals surface area contributed by atoms with E-state index in [-0.39, 0.29) is 0 Å². The molecule has 0 aliphatic rings. The molecule has 19 heavy (non-hydrogen) atoms. The molecule has 0 saturated carbocycles. The summed E-state index contributed by atoms with van der Waals surface area (Å²) in [5.41, 5.74) is 6.95. The third-order valence-electron chi connectivity index (χ3n) is 2.66. The van der Waals surface area contributed by atoms with Gasteiger partial charge in [-0.3, -0.25) is 0 Å². The molecule has 102 valence electrons. The van der Waals surface area contributed by atoms with Crippen molar-refractivity contribution in [2.24, 2.45) is 5.73 Å². The lowest BCUT2D eigenvalue weighted by molar-refractivity contribution is 0.808. The molecule has 0 aliphatic carbocycles.